The van der Waals surface area contributed by atoms with Crippen molar-refractivity contribution in [1.29, 1.82) is 0 Å². The fraction of sp³-hybridized carbons (Fsp3) is 0.385. The Kier molecular flexibility index (Phi) is 4.58. The minimum absolute atomic E-state index is 1.23. The van der Waals surface area contributed by atoms with Crippen LogP contribution in [0.5, 0.6) is 0 Å². The average molecular weight is 345 g/mol. The lowest BCUT2D eigenvalue weighted by molar-refractivity contribution is 0.917. The summed E-state index contributed by atoms with van der Waals surface area (Å²) in [5.41, 5.74) is 1.33. The summed E-state index contributed by atoms with van der Waals surface area (Å²) in [6.45, 7) is 0. The molecule has 16 heavy (non-hydrogen) atoms. The maximum absolute atomic E-state index is 2.45. The van der Waals surface area contributed by atoms with E-state index in [1.54, 1.807) is 0 Å². The van der Waals surface area contributed by atoms with Gasteiger partial charge in [0, 0.05) is 29.0 Å². The monoisotopic (exact) mass is 345 g/mol. The normalized spacial score (nSPS) is 11.1. The number of rotatable bonds is 5. The third-order valence-electron chi connectivity index (χ3n) is 2.65. The highest BCUT2D eigenvalue weighted by atomic mass is 127. The van der Waals surface area contributed by atoms with Gasteiger partial charge in [-0.2, -0.15) is 0 Å². The molecule has 0 aliphatic rings. The standard InChI is InChI=1S/C13H16INS/c1-15-10-13(16-9-5-4-8-14)11-6-2-3-7-12(11)15/h2-3,6-7,10H,4-5,8-9H2,1H3. The number of alkyl halides is 1. The third-order valence-corrected chi connectivity index (χ3v) is 4.54. The van der Waals surface area contributed by atoms with Crippen molar-refractivity contribution in [2.24, 2.45) is 7.05 Å². The van der Waals surface area contributed by atoms with Gasteiger partial charge in [-0.15, -0.1) is 11.8 Å². The van der Waals surface area contributed by atoms with Crippen molar-refractivity contribution in [2.45, 2.75) is 17.7 Å². The summed E-state index contributed by atoms with van der Waals surface area (Å²) >= 11 is 4.43. The Morgan fingerprint density at radius 2 is 2.06 bits per heavy atom. The summed E-state index contributed by atoms with van der Waals surface area (Å²) in [5.74, 6) is 1.23. The highest BCUT2D eigenvalue weighted by Crippen LogP contribution is 2.29. The van der Waals surface area contributed by atoms with Crippen molar-refractivity contribution in [1.82, 2.24) is 4.57 Å². The summed E-state index contributed by atoms with van der Waals surface area (Å²) in [6, 6.07) is 8.63. The van der Waals surface area contributed by atoms with Gasteiger partial charge in [0.15, 0.2) is 0 Å². The summed E-state index contributed by atoms with van der Waals surface area (Å²) in [7, 11) is 2.12. The average Bonchev–Trinajstić information content (AvgIpc) is 2.63. The van der Waals surface area contributed by atoms with Crippen LogP contribution in [0.4, 0.5) is 0 Å². The van der Waals surface area contributed by atoms with Crippen LogP contribution in [0.15, 0.2) is 35.4 Å². The van der Waals surface area contributed by atoms with Crippen LogP contribution in [-0.2, 0) is 7.05 Å². The number of hydrogen-bond acceptors (Lipinski definition) is 1. The Morgan fingerprint density at radius 3 is 2.88 bits per heavy atom. The highest BCUT2D eigenvalue weighted by molar-refractivity contribution is 14.1. The summed E-state index contributed by atoms with van der Waals surface area (Å²) < 4.78 is 3.49. The molecule has 0 N–H and O–H groups in total. The smallest absolute Gasteiger partial charge is 0.0489 e. The van der Waals surface area contributed by atoms with Gasteiger partial charge in [-0.1, -0.05) is 40.8 Å². The Bertz CT molecular complexity index is 464. The number of para-hydroxylation sites is 1. The van der Waals surface area contributed by atoms with Gasteiger partial charge in [0.2, 0.25) is 0 Å². The first kappa shape index (κ1) is 12.3. The van der Waals surface area contributed by atoms with Gasteiger partial charge in [0.1, 0.15) is 0 Å². The topological polar surface area (TPSA) is 4.93 Å². The van der Waals surface area contributed by atoms with Crippen LogP contribution >= 0.6 is 34.4 Å². The van der Waals surface area contributed by atoms with Crippen LogP contribution in [0.25, 0.3) is 10.9 Å². The van der Waals surface area contributed by atoms with Crippen LogP contribution in [0.1, 0.15) is 12.8 Å². The molecule has 1 heterocycles. The molecule has 0 aliphatic carbocycles. The number of unbranched alkanes of at least 4 members (excludes halogenated alkanes) is 1. The molecule has 86 valence electrons. The molecule has 1 nitrogen and oxygen atoms in total. The number of fused-ring (bicyclic) bond motifs is 1. The zero-order chi connectivity index (χ0) is 11.4. The summed E-state index contributed by atoms with van der Waals surface area (Å²) in [5, 5.41) is 1.39. The van der Waals surface area contributed by atoms with Gasteiger partial charge in [-0.05, 0) is 29.1 Å². The maximum atomic E-state index is 2.45. The van der Waals surface area contributed by atoms with E-state index < -0.39 is 0 Å². The van der Waals surface area contributed by atoms with Crippen molar-refractivity contribution in [3.63, 3.8) is 0 Å². The third kappa shape index (κ3) is 2.74. The molecule has 3 heteroatoms. The van der Waals surface area contributed by atoms with Gasteiger partial charge >= 0.3 is 0 Å². The second-order valence-corrected chi connectivity index (χ2v) is 6.08. The second kappa shape index (κ2) is 5.96. The molecule has 1 aromatic heterocycles. The number of benzene rings is 1. The molecule has 0 bridgehead atoms. The van der Waals surface area contributed by atoms with Gasteiger partial charge < -0.3 is 4.57 Å². The van der Waals surface area contributed by atoms with Crippen LogP contribution in [0, 0.1) is 0 Å². The molecule has 0 unspecified atom stereocenters. The Hall–Kier alpha value is -0.160. The van der Waals surface area contributed by atoms with Crippen molar-refractivity contribution in [2.75, 3.05) is 10.2 Å². The Balaban J connectivity index is 2.12. The summed E-state index contributed by atoms with van der Waals surface area (Å²) in [6.07, 6.45) is 4.90. The van der Waals surface area contributed by atoms with E-state index in [0.29, 0.717) is 0 Å². The minimum Gasteiger partial charge on any atom is -0.349 e. The van der Waals surface area contributed by atoms with Crippen molar-refractivity contribution < 1.29 is 0 Å². The highest BCUT2D eigenvalue weighted by Gasteiger charge is 2.05. The van der Waals surface area contributed by atoms with E-state index in [9.17, 15) is 0 Å². The van der Waals surface area contributed by atoms with E-state index in [-0.39, 0.29) is 0 Å². The predicted molar refractivity (Wildman–Crippen MR) is 81.8 cm³/mol. The first-order chi connectivity index (χ1) is 7.83. The van der Waals surface area contributed by atoms with Crippen LogP contribution in [0.3, 0.4) is 0 Å². The number of halogens is 1. The fourth-order valence-electron chi connectivity index (χ4n) is 1.80. The number of nitrogens with zero attached hydrogens (tertiary/aromatic N) is 1. The molecule has 0 atom stereocenters. The largest absolute Gasteiger partial charge is 0.349 e. The van der Waals surface area contributed by atoms with Crippen LogP contribution in [0.2, 0.25) is 0 Å². The van der Waals surface area contributed by atoms with E-state index in [1.807, 2.05) is 11.8 Å². The van der Waals surface area contributed by atoms with E-state index in [0.717, 1.165) is 0 Å². The minimum atomic E-state index is 1.23. The van der Waals surface area contributed by atoms with E-state index in [2.05, 4.69) is 64.7 Å². The van der Waals surface area contributed by atoms with E-state index in [4.69, 9.17) is 0 Å². The lowest BCUT2D eigenvalue weighted by atomic mass is 10.2. The number of aromatic nitrogens is 1. The van der Waals surface area contributed by atoms with Crippen molar-refractivity contribution in [3.05, 3.63) is 30.5 Å². The fourth-order valence-corrected chi connectivity index (χ4v) is 3.47. The molecule has 0 saturated carbocycles. The molecule has 0 radical (unpaired) electrons. The molecular weight excluding hydrogens is 329 g/mol. The predicted octanol–water partition coefficient (Wildman–Crippen LogP) is 4.49. The zero-order valence-corrected chi connectivity index (χ0v) is 12.4. The molecule has 1 aromatic carbocycles. The molecule has 0 saturated heterocycles. The maximum Gasteiger partial charge on any atom is 0.0489 e. The van der Waals surface area contributed by atoms with E-state index >= 15 is 0 Å². The molecule has 2 aromatic rings. The first-order valence-corrected chi connectivity index (χ1v) is 8.07. The lowest BCUT2D eigenvalue weighted by Gasteiger charge is -1.98. The Morgan fingerprint density at radius 1 is 1.25 bits per heavy atom. The molecule has 0 spiro atoms. The van der Waals surface area contributed by atoms with Crippen LogP contribution < -0.4 is 0 Å². The van der Waals surface area contributed by atoms with Gasteiger partial charge in [-0.25, -0.2) is 0 Å². The number of aryl methyl sites for hydroxylation is 1. The number of thioether (sulfide) groups is 1. The molecule has 0 amide bonds. The van der Waals surface area contributed by atoms with Crippen molar-refractivity contribution in [3.8, 4) is 0 Å². The number of hydrogen-bond donors (Lipinski definition) is 0. The van der Waals surface area contributed by atoms with Gasteiger partial charge in [-0.3, -0.25) is 0 Å². The Labute approximate surface area is 115 Å². The SMILES string of the molecule is Cn1cc(SCCCCI)c2ccccc21. The quantitative estimate of drug-likeness (QED) is 0.335. The van der Waals surface area contributed by atoms with Gasteiger partial charge in [0.25, 0.3) is 0 Å². The van der Waals surface area contributed by atoms with Gasteiger partial charge in [0.05, 0.1) is 0 Å². The zero-order valence-electron chi connectivity index (χ0n) is 9.45. The van der Waals surface area contributed by atoms with Crippen LogP contribution in [-0.4, -0.2) is 14.7 Å². The molecular formula is C13H16INS. The molecule has 0 aliphatic heterocycles. The first-order valence-electron chi connectivity index (χ1n) is 5.56. The lowest BCUT2D eigenvalue weighted by Crippen LogP contribution is -1.82. The van der Waals surface area contributed by atoms with Crippen molar-refractivity contribution >= 4 is 45.3 Å². The second-order valence-electron chi connectivity index (χ2n) is 3.87. The molecule has 2 rings (SSSR count). The van der Waals surface area contributed by atoms with E-state index in [1.165, 1.54) is 38.8 Å². The summed E-state index contributed by atoms with van der Waals surface area (Å²) in [4.78, 5) is 1.42. The molecule has 0 fully saturated rings.